The second-order valence-corrected chi connectivity index (χ2v) is 5.27. The van der Waals surface area contributed by atoms with Gasteiger partial charge in [-0.1, -0.05) is 54.5 Å². The van der Waals surface area contributed by atoms with Crippen molar-refractivity contribution in [2.45, 2.75) is 19.1 Å². The minimum absolute atomic E-state index is 0.0436. The van der Waals surface area contributed by atoms with Crippen LogP contribution in [0, 0.1) is 12.3 Å². The fourth-order valence-corrected chi connectivity index (χ4v) is 2.37. The van der Waals surface area contributed by atoms with Gasteiger partial charge in [-0.3, -0.25) is 4.79 Å². The van der Waals surface area contributed by atoms with Crippen LogP contribution < -0.4 is 0 Å². The SMILES string of the molecule is C#CCN(Cc1ccccc1)C(=O)Cc1ccccc1C(F)(F)F. The largest absolute Gasteiger partial charge is 0.416 e. The van der Waals surface area contributed by atoms with Gasteiger partial charge in [-0.2, -0.15) is 13.2 Å². The van der Waals surface area contributed by atoms with Crippen molar-refractivity contribution in [3.05, 3.63) is 71.3 Å². The lowest BCUT2D eigenvalue weighted by Crippen LogP contribution is -2.32. The van der Waals surface area contributed by atoms with Crippen molar-refractivity contribution in [3.63, 3.8) is 0 Å². The number of carbonyl (C=O) groups is 1. The van der Waals surface area contributed by atoms with Crippen LogP contribution in [0.3, 0.4) is 0 Å². The van der Waals surface area contributed by atoms with Gasteiger partial charge in [0, 0.05) is 6.54 Å². The highest BCUT2D eigenvalue weighted by atomic mass is 19.4. The van der Waals surface area contributed by atoms with Gasteiger partial charge in [0.2, 0.25) is 5.91 Å². The minimum atomic E-state index is -4.49. The molecule has 124 valence electrons. The molecular formula is C19H16F3NO. The lowest BCUT2D eigenvalue weighted by molar-refractivity contribution is -0.138. The van der Waals surface area contributed by atoms with Gasteiger partial charge in [-0.05, 0) is 17.2 Å². The zero-order chi connectivity index (χ0) is 17.6. The van der Waals surface area contributed by atoms with E-state index in [1.807, 2.05) is 30.3 Å². The van der Waals surface area contributed by atoms with Gasteiger partial charge < -0.3 is 4.90 Å². The van der Waals surface area contributed by atoms with Crippen LogP contribution >= 0.6 is 0 Å². The highest BCUT2D eigenvalue weighted by Crippen LogP contribution is 2.32. The molecule has 0 saturated heterocycles. The molecular weight excluding hydrogens is 315 g/mol. The van der Waals surface area contributed by atoms with Crippen LogP contribution in [0.5, 0.6) is 0 Å². The molecule has 2 aromatic rings. The van der Waals surface area contributed by atoms with Gasteiger partial charge in [0.15, 0.2) is 0 Å². The van der Waals surface area contributed by atoms with Crippen LogP contribution in [0.25, 0.3) is 0 Å². The summed E-state index contributed by atoms with van der Waals surface area (Å²) in [5, 5.41) is 0. The van der Waals surface area contributed by atoms with Crippen LogP contribution in [-0.2, 0) is 23.9 Å². The Morgan fingerprint density at radius 3 is 2.29 bits per heavy atom. The average Bonchev–Trinajstić information content (AvgIpc) is 2.55. The first kappa shape index (κ1) is 17.6. The molecule has 2 rings (SSSR count). The summed E-state index contributed by atoms with van der Waals surface area (Å²) >= 11 is 0. The van der Waals surface area contributed by atoms with Gasteiger partial charge in [0.25, 0.3) is 0 Å². The molecule has 0 spiro atoms. The number of halogens is 3. The van der Waals surface area contributed by atoms with Crippen molar-refractivity contribution < 1.29 is 18.0 Å². The summed E-state index contributed by atoms with van der Waals surface area (Å²) in [5.74, 6) is 1.95. The third kappa shape index (κ3) is 4.63. The van der Waals surface area contributed by atoms with E-state index in [9.17, 15) is 18.0 Å². The van der Waals surface area contributed by atoms with Crippen LogP contribution in [0.4, 0.5) is 13.2 Å². The van der Waals surface area contributed by atoms with Crippen molar-refractivity contribution in [1.82, 2.24) is 4.90 Å². The molecule has 24 heavy (non-hydrogen) atoms. The summed E-state index contributed by atoms with van der Waals surface area (Å²) in [6.07, 6.45) is 0.454. The molecule has 0 aromatic heterocycles. The van der Waals surface area contributed by atoms with E-state index in [2.05, 4.69) is 5.92 Å². The van der Waals surface area contributed by atoms with E-state index >= 15 is 0 Å². The zero-order valence-corrected chi connectivity index (χ0v) is 12.9. The minimum Gasteiger partial charge on any atom is -0.327 e. The van der Waals surface area contributed by atoms with Crippen LogP contribution in [-0.4, -0.2) is 17.4 Å². The molecule has 0 radical (unpaired) electrons. The molecule has 0 unspecified atom stereocenters. The monoisotopic (exact) mass is 331 g/mol. The molecule has 0 saturated carbocycles. The van der Waals surface area contributed by atoms with E-state index in [4.69, 9.17) is 6.42 Å². The Hall–Kier alpha value is -2.74. The van der Waals surface area contributed by atoms with E-state index in [-0.39, 0.29) is 25.1 Å². The molecule has 0 aliphatic rings. The van der Waals surface area contributed by atoms with Crippen LogP contribution in [0.2, 0.25) is 0 Å². The van der Waals surface area contributed by atoms with Gasteiger partial charge in [-0.15, -0.1) is 6.42 Å². The van der Waals surface area contributed by atoms with Gasteiger partial charge >= 0.3 is 6.18 Å². The summed E-state index contributed by atoms with van der Waals surface area (Å²) in [6.45, 7) is 0.306. The number of benzene rings is 2. The maximum atomic E-state index is 13.0. The molecule has 0 fully saturated rings. The number of terminal acetylenes is 1. The number of nitrogens with zero attached hydrogens (tertiary/aromatic N) is 1. The predicted molar refractivity (Wildman–Crippen MR) is 85.8 cm³/mol. The topological polar surface area (TPSA) is 20.3 Å². The zero-order valence-electron chi connectivity index (χ0n) is 12.9. The fraction of sp³-hybridized carbons (Fsp3) is 0.211. The van der Waals surface area contributed by atoms with Crippen LogP contribution in [0.15, 0.2) is 54.6 Å². The highest BCUT2D eigenvalue weighted by Gasteiger charge is 2.33. The maximum absolute atomic E-state index is 13.0. The smallest absolute Gasteiger partial charge is 0.327 e. The Morgan fingerprint density at radius 1 is 1.04 bits per heavy atom. The lowest BCUT2D eigenvalue weighted by atomic mass is 10.0. The molecule has 2 nitrogen and oxygen atoms in total. The van der Waals surface area contributed by atoms with Crippen molar-refractivity contribution in [2.75, 3.05) is 6.54 Å². The molecule has 1 amide bonds. The van der Waals surface area contributed by atoms with Crippen molar-refractivity contribution in [3.8, 4) is 12.3 Å². The molecule has 0 aliphatic carbocycles. The van der Waals surface area contributed by atoms with E-state index < -0.39 is 17.6 Å². The molecule has 0 aliphatic heterocycles. The van der Waals surface area contributed by atoms with E-state index in [1.165, 1.54) is 23.1 Å². The first-order valence-electron chi connectivity index (χ1n) is 7.32. The number of amides is 1. The Kier molecular flexibility index (Phi) is 5.64. The first-order valence-corrected chi connectivity index (χ1v) is 7.32. The molecule has 5 heteroatoms. The number of alkyl halides is 3. The summed E-state index contributed by atoms with van der Waals surface area (Å²) < 4.78 is 39.1. The third-order valence-electron chi connectivity index (χ3n) is 3.52. The second kappa shape index (κ2) is 7.69. The van der Waals surface area contributed by atoms with E-state index in [1.54, 1.807) is 0 Å². The summed E-state index contributed by atoms with van der Waals surface area (Å²) in [7, 11) is 0. The summed E-state index contributed by atoms with van der Waals surface area (Å²) in [6, 6.07) is 14.3. The molecule has 0 N–H and O–H groups in total. The Bertz CT molecular complexity index is 732. The quantitative estimate of drug-likeness (QED) is 0.761. The molecule has 0 atom stereocenters. The number of hydrogen-bond acceptors (Lipinski definition) is 1. The van der Waals surface area contributed by atoms with E-state index in [0.29, 0.717) is 0 Å². The standard InChI is InChI=1S/C19H16F3NO/c1-2-12-23(14-15-8-4-3-5-9-15)18(24)13-16-10-6-7-11-17(16)19(20,21)22/h1,3-11H,12-14H2. The van der Waals surface area contributed by atoms with Gasteiger partial charge in [0.05, 0.1) is 18.5 Å². The Labute approximate surface area is 138 Å². The molecule has 0 heterocycles. The average molecular weight is 331 g/mol. The van der Waals surface area contributed by atoms with Gasteiger partial charge in [-0.25, -0.2) is 0 Å². The maximum Gasteiger partial charge on any atom is 0.416 e. The number of rotatable bonds is 5. The summed E-state index contributed by atoms with van der Waals surface area (Å²) in [5.41, 5.74) is 0.0222. The Morgan fingerprint density at radius 2 is 1.67 bits per heavy atom. The lowest BCUT2D eigenvalue weighted by Gasteiger charge is -2.21. The third-order valence-corrected chi connectivity index (χ3v) is 3.52. The number of hydrogen-bond donors (Lipinski definition) is 0. The fourth-order valence-electron chi connectivity index (χ4n) is 2.37. The van der Waals surface area contributed by atoms with Crippen molar-refractivity contribution >= 4 is 5.91 Å². The molecule has 2 aromatic carbocycles. The van der Waals surface area contributed by atoms with Crippen LogP contribution in [0.1, 0.15) is 16.7 Å². The van der Waals surface area contributed by atoms with Crippen molar-refractivity contribution in [2.24, 2.45) is 0 Å². The molecule has 0 bridgehead atoms. The normalized spacial score (nSPS) is 10.9. The Balaban J connectivity index is 2.19. The first-order chi connectivity index (χ1) is 11.4. The second-order valence-electron chi connectivity index (χ2n) is 5.27. The highest BCUT2D eigenvalue weighted by molar-refractivity contribution is 5.79. The predicted octanol–water partition coefficient (Wildman–Crippen LogP) is 3.91. The van der Waals surface area contributed by atoms with E-state index in [0.717, 1.165) is 11.6 Å². The summed E-state index contributed by atoms with van der Waals surface area (Å²) in [4.78, 5) is 13.8. The number of carbonyl (C=O) groups excluding carboxylic acids is 1. The van der Waals surface area contributed by atoms with Gasteiger partial charge in [0.1, 0.15) is 0 Å². The van der Waals surface area contributed by atoms with Crippen molar-refractivity contribution in [1.29, 1.82) is 0 Å².